The molecule has 2 fully saturated rings. The van der Waals surface area contributed by atoms with Crippen molar-refractivity contribution in [3.8, 4) is 0 Å². The summed E-state index contributed by atoms with van der Waals surface area (Å²) in [5.74, 6) is -0.148. The van der Waals surface area contributed by atoms with E-state index in [1.165, 1.54) is 4.90 Å². The Morgan fingerprint density at radius 1 is 1.24 bits per heavy atom. The molecular weight excluding hydrogens is 218 g/mol. The SMILES string of the molecule is Nc1ccccc1N1C(=O)[C@H]2CCCN2C1=O. The highest BCUT2D eigenvalue weighted by atomic mass is 16.2. The molecule has 1 atom stereocenters. The molecule has 88 valence electrons. The lowest BCUT2D eigenvalue weighted by Gasteiger charge is -2.16. The van der Waals surface area contributed by atoms with Crippen molar-refractivity contribution in [1.82, 2.24) is 4.90 Å². The van der Waals surface area contributed by atoms with Gasteiger partial charge in [-0.1, -0.05) is 12.1 Å². The van der Waals surface area contributed by atoms with Crippen molar-refractivity contribution in [3.63, 3.8) is 0 Å². The normalized spacial score (nSPS) is 23.4. The fourth-order valence-electron chi connectivity index (χ4n) is 2.54. The second-order valence-corrected chi connectivity index (χ2v) is 4.37. The molecule has 0 saturated carbocycles. The van der Waals surface area contributed by atoms with Gasteiger partial charge in [0.25, 0.3) is 5.91 Å². The first-order valence-corrected chi connectivity index (χ1v) is 5.69. The predicted octanol–water partition coefficient (Wildman–Crippen LogP) is 1.20. The highest BCUT2D eigenvalue weighted by molar-refractivity contribution is 6.22. The smallest absolute Gasteiger partial charge is 0.332 e. The fourth-order valence-corrected chi connectivity index (χ4v) is 2.54. The quantitative estimate of drug-likeness (QED) is 0.583. The summed E-state index contributed by atoms with van der Waals surface area (Å²) in [6.45, 7) is 0.665. The van der Waals surface area contributed by atoms with E-state index in [0.717, 1.165) is 12.8 Å². The number of fused-ring (bicyclic) bond motifs is 1. The van der Waals surface area contributed by atoms with Gasteiger partial charge in [-0.2, -0.15) is 0 Å². The van der Waals surface area contributed by atoms with Gasteiger partial charge in [-0.15, -0.1) is 0 Å². The maximum Gasteiger partial charge on any atom is 0.332 e. The number of carbonyl (C=O) groups is 2. The minimum Gasteiger partial charge on any atom is -0.397 e. The molecule has 3 rings (SSSR count). The molecule has 3 amide bonds. The van der Waals surface area contributed by atoms with E-state index >= 15 is 0 Å². The van der Waals surface area contributed by atoms with Crippen LogP contribution in [0.1, 0.15) is 12.8 Å². The zero-order chi connectivity index (χ0) is 12.0. The Balaban J connectivity index is 2.03. The van der Waals surface area contributed by atoms with Gasteiger partial charge in [-0.25, -0.2) is 9.69 Å². The lowest BCUT2D eigenvalue weighted by Crippen LogP contribution is -2.33. The number of carbonyl (C=O) groups excluding carboxylic acids is 2. The molecule has 17 heavy (non-hydrogen) atoms. The molecule has 5 heteroatoms. The number of imide groups is 1. The average molecular weight is 231 g/mol. The number of anilines is 2. The van der Waals surface area contributed by atoms with Gasteiger partial charge in [0.1, 0.15) is 6.04 Å². The molecule has 2 aliphatic heterocycles. The predicted molar refractivity (Wildman–Crippen MR) is 63.5 cm³/mol. The summed E-state index contributed by atoms with van der Waals surface area (Å²) in [6, 6.07) is 6.44. The van der Waals surface area contributed by atoms with Crippen LogP contribution in [0.2, 0.25) is 0 Å². The standard InChI is InChI=1S/C12H13N3O2/c13-8-4-1-2-5-9(8)15-11(16)10-6-3-7-14(10)12(15)17/h1-2,4-5,10H,3,6-7,13H2/t10-/m1/s1. The topological polar surface area (TPSA) is 66.6 Å². The second-order valence-electron chi connectivity index (χ2n) is 4.37. The lowest BCUT2D eigenvalue weighted by molar-refractivity contribution is -0.119. The third-order valence-corrected chi connectivity index (χ3v) is 3.37. The van der Waals surface area contributed by atoms with Crippen LogP contribution in [0.4, 0.5) is 16.2 Å². The number of amides is 3. The van der Waals surface area contributed by atoms with Gasteiger partial charge in [0.05, 0.1) is 11.4 Å². The number of hydrogen-bond donors (Lipinski definition) is 1. The lowest BCUT2D eigenvalue weighted by atomic mass is 10.2. The Hall–Kier alpha value is -2.04. The van der Waals surface area contributed by atoms with Crippen LogP contribution in [0.25, 0.3) is 0 Å². The fraction of sp³-hybridized carbons (Fsp3) is 0.333. The zero-order valence-corrected chi connectivity index (χ0v) is 9.30. The van der Waals surface area contributed by atoms with Crippen LogP contribution in [0, 0.1) is 0 Å². The van der Waals surface area contributed by atoms with Crippen LogP contribution in [0.3, 0.4) is 0 Å². The minimum atomic E-state index is -0.276. The molecule has 0 radical (unpaired) electrons. The van der Waals surface area contributed by atoms with Crippen molar-refractivity contribution in [1.29, 1.82) is 0 Å². The summed E-state index contributed by atoms with van der Waals surface area (Å²) in [5, 5.41) is 0. The van der Waals surface area contributed by atoms with E-state index in [1.807, 2.05) is 0 Å². The third kappa shape index (κ3) is 1.32. The largest absolute Gasteiger partial charge is 0.397 e. The van der Waals surface area contributed by atoms with E-state index in [2.05, 4.69) is 0 Å². The second kappa shape index (κ2) is 3.48. The molecule has 5 nitrogen and oxygen atoms in total. The van der Waals surface area contributed by atoms with Gasteiger partial charge < -0.3 is 10.6 Å². The van der Waals surface area contributed by atoms with E-state index in [4.69, 9.17) is 5.73 Å². The molecule has 1 aromatic carbocycles. The molecule has 2 N–H and O–H groups in total. The van der Waals surface area contributed by atoms with Crippen molar-refractivity contribution in [3.05, 3.63) is 24.3 Å². The highest BCUT2D eigenvalue weighted by Gasteiger charge is 2.48. The van der Waals surface area contributed by atoms with E-state index in [-0.39, 0.29) is 18.0 Å². The number of hydrogen-bond acceptors (Lipinski definition) is 3. The first-order valence-electron chi connectivity index (χ1n) is 5.69. The first kappa shape index (κ1) is 10.1. The van der Waals surface area contributed by atoms with E-state index in [1.54, 1.807) is 29.2 Å². The molecule has 2 heterocycles. The Morgan fingerprint density at radius 3 is 2.71 bits per heavy atom. The van der Waals surface area contributed by atoms with E-state index in [9.17, 15) is 9.59 Å². The maximum absolute atomic E-state index is 12.2. The van der Waals surface area contributed by atoms with Gasteiger partial charge in [-0.05, 0) is 25.0 Å². The molecule has 2 saturated heterocycles. The van der Waals surface area contributed by atoms with Crippen molar-refractivity contribution >= 4 is 23.3 Å². The van der Waals surface area contributed by atoms with Gasteiger partial charge in [-0.3, -0.25) is 4.79 Å². The molecule has 0 aromatic heterocycles. The number of nitrogens with two attached hydrogens (primary N) is 1. The van der Waals surface area contributed by atoms with Gasteiger partial charge in [0.15, 0.2) is 0 Å². The minimum absolute atomic E-state index is 0.148. The molecule has 1 aromatic rings. The molecule has 0 spiro atoms. The Labute approximate surface area is 98.8 Å². The van der Waals surface area contributed by atoms with Gasteiger partial charge in [0.2, 0.25) is 0 Å². The number of para-hydroxylation sites is 2. The van der Waals surface area contributed by atoms with Crippen LogP contribution < -0.4 is 10.6 Å². The van der Waals surface area contributed by atoms with Crippen molar-refractivity contribution in [2.45, 2.75) is 18.9 Å². The summed E-state index contributed by atoms with van der Waals surface area (Å²) in [5.41, 5.74) is 6.76. The molecule has 0 bridgehead atoms. The molecular formula is C12H13N3O2. The van der Waals surface area contributed by atoms with Crippen molar-refractivity contribution < 1.29 is 9.59 Å². The van der Waals surface area contributed by atoms with Gasteiger partial charge in [0, 0.05) is 6.54 Å². The van der Waals surface area contributed by atoms with Crippen LogP contribution in [-0.4, -0.2) is 29.4 Å². The molecule has 0 unspecified atom stereocenters. The van der Waals surface area contributed by atoms with Crippen molar-refractivity contribution in [2.75, 3.05) is 17.2 Å². The third-order valence-electron chi connectivity index (χ3n) is 3.37. The number of nitrogen functional groups attached to an aromatic ring is 1. The van der Waals surface area contributed by atoms with Crippen LogP contribution in [0.5, 0.6) is 0 Å². The van der Waals surface area contributed by atoms with Crippen LogP contribution in [0.15, 0.2) is 24.3 Å². The Kier molecular flexibility index (Phi) is 2.07. The summed E-state index contributed by atoms with van der Waals surface area (Å²) in [6.07, 6.45) is 1.66. The first-order chi connectivity index (χ1) is 8.20. The van der Waals surface area contributed by atoms with Gasteiger partial charge >= 0.3 is 6.03 Å². The molecule has 2 aliphatic rings. The van der Waals surface area contributed by atoms with Crippen molar-refractivity contribution in [2.24, 2.45) is 0 Å². The Morgan fingerprint density at radius 2 is 2.00 bits per heavy atom. The summed E-state index contributed by atoms with van der Waals surface area (Å²) < 4.78 is 0. The highest BCUT2D eigenvalue weighted by Crippen LogP contribution is 2.33. The van der Waals surface area contributed by atoms with E-state index in [0.29, 0.717) is 17.9 Å². The molecule has 0 aliphatic carbocycles. The number of benzene rings is 1. The van der Waals surface area contributed by atoms with E-state index < -0.39 is 0 Å². The summed E-state index contributed by atoms with van der Waals surface area (Å²) in [4.78, 5) is 27.1. The van der Waals surface area contributed by atoms with Crippen LogP contribution >= 0.6 is 0 Å². The number of rotatable bonds is 1. The monoisotopic (exact) mass is 231 g/mol. The summed E-state index contributed by atoms with van der Waals surface area (Å²) >= 11 is 0. The maximum atomic E-state index is 12.2. The Bertz CT molecular complexity index is 478. The van der Waals surface area contributed by atoms with Crippen LogP contribution in [-0.2, 0) is 4.79 Å². The summed E-state index contributed by atoms with van der Waals surface area (Å²) in [7, 11) is 0. The zero-order valence-electron chi connectivity index (χ0n) is 9.30. The number of nitrogens with zero attached hydrogens (tertiary/aromatic N) is 2. The number of urea groups is 1. The average Bonchev–Trinajstić information content (AvgIpc) is 2.87.